The van der Waals surface area contributed by atoms with Gasteiger partial charge < -0.3 is 4.90 Å². The maximum absolute atomic E-state index is 13.4. The number of nitrogens with one attached hydrogen (secondary N) is 1. The number of carbonyl (C=O) groups excluding carboxylic acids is 1. The summed E-state index contributed by atoms with van der Waals surface area (Å²) in [5.74, 6) is -1.80. The Morgan fingerprint density at radius 3 is 2.45 bits per heavy atom. The standard InChI is InChI=1S/C15H20F2N2O/c1-9-14(20)19(8-15(2,3)4)13(18-9)10-5-6-11(16)12(17)7-10/h5-7,9,13,18H,8H2,1-4H3. The summed E-state index contributed by atoms with van der Waals surface area (Å²) in [7, 11) is 0. The van der Waals surface area contributed by atoms with Crippen molar-refractivity contribution in [3.63, 3.8) is 0 Å². The van der Waals surface area contributed by atoms with Gasteiger partial charge in [-0.1, -0.05) is 26.8 Å². The summed E-state index contributed by atoms with van der Waals surface area (Å²) < 4.78 is 26.4. The summed E-state index contributed by atoms with van der Waals surface area (Å²) in [6.45, 7) is 8.42. The van der Waals surface area contributed by atoms with Gasteiger partial charge in [0.1, 0.15) is 6.17 Å². The lowest BCUT2D eigenvalue weighted by molar-refractivity contribution is -0.131. The van der Waals surface area contributed by atoms with Gasteiger partial charge in [0.15, 0.2) is 11.6 Å². The minimum atomic E-state index is -0.896. The Kier molecular flexibility index (Phi) is 3.82. The number of nitrogens with zero attached hydrogens (tertiary/aromatic N) is 1. The molecule has 110 valence electrons. The first kappa shape index (κ1) is 14.9. The maximum Gasteiger partial charge on any atom is 0.241 e. The fourth-order valence-corrected chi connectivity index (χ4v) is 2.41. The van der Waals surface area contributed by atoms with Crippen LogP contribution in [0.25, 0.3) is 0 Å². The molecule has 1 N–H and O–H groups in total. The van der Waals surface area contributed by atoms with Crippen LogP contribution in [0.5, 0.6) is 0 Å². The molecule has 0 spiro atoms. The van der Waals surface area contributed by atoms with Crippen molar-refractivity contribution in [2.24, 2.45) is 5.41 Å². The number of hydrogen-bond donors (Lipinski definition) is 1. The molecule has 1 saturated heterocycles. The highest BCUT2D eigenvalue weighted by atomic mass is 19.2. The minimum Gasteiger partial charge on any atom is -0.321 e. The fraction of sp³-hybridized carbons (Fsp3) is 0.533. The van der Waals surface area contributed by atoms with E-state index in [0.717, 1.165) is 12.1 Å². The second-order valence-corrected chi connectivity index (χ2v) is 6.49. The van der Waals surface area contributed by atoms with Crippen LogP contribution in [-0.2, 0) is 4.79 Å². The lowest BCUT2D eigenvalue weighted by Gasteiger charge is -2.31. The topological polar surface area (TPSA) is 32.3 Å². The third-order valence-electron chi connectivity index (χ3n) is 3.28. The third-order valence-corrected chi connectivity index (χ3v) is 3.28. The van der Waals surface area contributed by atoms with E-state index in [1.807, 2.05) is 20.8 Å². The third kappa shape index (κ3) is 2.98. The van der Waals surface area contributed by atoms with Gasteiger partial charge in [0.05, 0.1) is 6.04 Å². The van der Waals surface area contributed by atoms with E-state index in [2.05, 4.69) is 5.32 Å². The van der Waals surface area contributed by atoms with Gasteiger partial charge in [-0.05, 0) is 30.0 Å². The summed E-state index contributed by atoms with van der Waals surface area (Å²) in [5, 5.41) is 3.13. The van der Waals surface area contributed by atoms with Gasteiger partial charge >= 0.3 is 0 Å². The summed E-state index contributed by atoms with van der Waals surface area (Å²) in [6.07, 6.45) is -0.410. The smallest absolute Gasteiger partial charge is 0.241 e. The van der Waals surface area contributed by atoms with Gasteiger partial charge in [0.25, 0.3) is 0 Å². The highest BCUT2D eigenvalue weighted by molar-refractivity contribution is 5.84. The average Bonchev–Trinajstić information content (AvgIpc) is 2.59. The molecule has 1 aliphatic heterocycles. The van der Waals surface area contributed by atoms with Crippen LogP contribution >= 0.6 is 0 Å². The largest absolute Gasteiger partial charge is 0.321 e. The van der Waals surface area contributed by atoms with Crippen molar-refractivity contribution in [2.75, 3.05) is 6.54 Å². The maximum atomic E-state index is 13.4. The van der Waals surface area contributed by atoms with Crippen molar-refractivity contribution in [3.8, 4) is 0 Å². The number of hydrogen-bond acceptors (Lipinski definition) is 2. The molecule has 0 saturated carbocycles. The van der Waals surface area contributed by atoms with E-state index in [-0.39, 0.29) is 17.4 Å². The Hall–Kier alpha value is -1.49. The first-order valence-corrected chi connectivity index (χ1v) is 6.70. The molecule has 1 aromatic carbocycles. The Morgan fingerprint density at radius 1 is 1.25 bits per heavy atom. The average molecular weight is 282 g/mol. The van der Waals surface area contributed by atoms with Gasteiger partial charge in [0.2, 0.25) is 5.91 Å². The molecule has 0 radical (unpaired) electrons. The lowest BCUT2D eigenvalue weighted by Crippen LogP contribution is -2.37. The number of amides is 1. The molecule has 0 aromatic heterocycles. The van der Waals surface area contributed by atoms with E-state index in [1.165, 1.54) is 6.07 Å². The minimum absolute atomic E-state index is 0.0188. The van der Waals surface area contributed by atoms with Crippen molar-refractivity contribution in [1.82, 2.24) is 10.2 Å². The molecule has 3 nitrogen and oxygen atoms in total. The first-order valence-electron chi connectivity index (χ1n) is 6.70. The van der Waals surface area contributed by atoms with E-state index in [1.54, 1.807) is 11.8 Å². The Labute approximate surface area is 118 Å². The van der Waals surface area contributed by atoms with E-state index in [9.17, 15) is 13.6 Å². The Balaban J connectivity index is 2.32. The number of rotatable bonds is 2. The van der Waals surface area contributed by atoms with Gasteiger partial charge in [0, 0.05) is 6.54 Å². The summed E-state index contributed by atoms with van der Waals surface area (Å²) in [4.78, 5) is 13.9. The second-order valence-electron chi connectivity index (χ2n) is 6.49. The summed E-state index contributed by atoms with van der Waals surface area (Å²) >= 11 is 0. The highest BCUT2D eigenvalue weighted by Gasteiger charge is 2.38. The lowest BCUT2D eigenvalue weighted by atomic mass is 9.95. The van der Waals surface area contributed by atoms with Crippen molar-refractivity contribution in [2.45, 2.75) is 39.9 Å². The molecule has 1 aromatic rings. The molecule has 0 bridgehead atoms. The zero-order chi connectivity index (χ0) is 15.1. The molecular weight excluding hydrogens is 262 g/mol. The number of carbonyl (C=O) groups is 1. The zero-order valence-electron chi connectivity index (χ0n) is 12.2. The molecule has 0 aliphatic carbocycles. The Bertz CT molecular complexity index is 525. The second kappa shape index (κ2) is 5.13. The van der Waals surface area contributed by atoms with Crippen molar-refractivity contribution < 1.29 is 13.6 Å². The molecule has 1 heterocycles. The predicted molar refractivity (Wildman–Crippen MR) is 72.9 cm³/mol. The number of halogens is 2. The van der Waals surface area contributed by atoms with Gasteiger partial charge in [-0.2, -0.15) is 0 Å². The summed E-state index contributed by atoms with van der Waals surface area (Å²) in [6, 6.07) is 3.43. The predicted octanol–water partition coefficient (Wildman–Crippen LogP) is 2.83. The first-order chi connectivity index (χ1) is 9.19. The highest BCUT2D eigenvalue weighted by Crippen LogP contribution is 2.29. The fourth-order valence-electron chi connectivity index (χ4n) is 2.41. The van der Waals surface area contributed by atoms with Gasteiger partial charge in [-0.15, -0.1) is 0 Å². The van der Waals surface area contributed by atoms with Crippen molar-refractivity contribution >= 4 is 5.91 Å². The van der Waals surface area contributed by atoms with Crippen LogP contribution in [0.1, 0.15) is 39.4 Å². The summed E-state index contributed by atoms with van der Waals surface area (Å²) in [5.41, 5.74) is 0.490. The molecule has 2 atom stereocenters. The van der Waals surface area contributed by atoms with E-state index < -0.39 is 17.8 Å². The van der Waals surface area contributed by atoms with E-state index >= 15 is 0 Å². The Morgan fingerprint density at radius 2 is 1.90 bits per heavy atom. The van der Waals surface area contributed by atoms with Crippen LogP contribution in [0.15, 0.2) is 18.2 Å². The molecule has 1 amide bonds. The molecule has 1 aliphatic rings. The van der Waals surface area contributed by atoms with Crippen molar-refractivity contribution in [3.05, 3.63) is 35.4 Å². The monoisotopic (exact) mass is 282 g/mol. The normalized spacial score (nSPS) is 23.5. The SMILES string of the molecule is CC1NC(c2ccc(F)c(F)c2)N(CC(C)(C)C)C1=O. The van der Waals surface area contributed by atoms with E-state index in [4.69, 9.17) is 0 Å². The molecule has 5 heteroatoms. The van der Waals surface area contributed by atoms with Crippen LogP contribution in [0.2, 0.25) is 0 Å². The molecule has 1 fully saturated rings. The molecule has 2 rings (SSSR count). The van der Waals surface area contributed by atoms with Crippen LogP contribution in [0.4, 0.5) is 8.78 Å². The van der Waals surface area contributed by atoms with Crippen molar-refractivity contribution in [1.29, 1.82) is 0 Å². The van der Waals surface area contributed by atoms with Crippen LogP contribution < -0.4 is 5.32 Å². The van der Waals surface area contributed by atoms with Gasteiger partial charge in [-0.25, -0.2) is 8.78 Å². The molecule has 20 heavy (non-hydrogen) atoms. The molecular formula is C15H20F2N2O. The zero-order valence-corrected chi connectivity index (χ0v) is 12.2. The number of benzene rings is 1. The van der Waals surface area contributed by atoms with Crippen LogP contribution in [0, 0.1) is 17.0 Å². The molecule has 2 unspecified atom stereocenters. The van der Waals surface area contributed by atoms with Crippen LogP contribution in [-0.4, -0.2) is 23.4 Å². The van der Waals surface area contributed by atoms with Crippen LogP contribution in [0.3, 0.4) is 0 Å². The van der Waals surface area contributed by atoms with E-state index in [0.29, 0.717) is 12.1 Å². The van der Waals surface area contributed by atoms with Gasteiger partial charge in [-0.3, -0.25) is 10.1 Å². The quantitative estimate of drug-likeness (QED) is 0.904.